The van der Waals surface area contributed by atoms with E-state index in [0.717, 1.165) is 30.4 Å². The van der Waals surface area contributed by atoms with Crippen LogP contribution in [0.2, 0.25) is 0 Å². The SMILES string of the molecule is N#CC(c1ccccc1)(c1ccccc1)C1CCC(n2cncn2)C1. The summed E-state index contributed by atoms with van der Waals surface area (Å²) in [5, 5.41) is 14.7. The van der Waals surface area contributed by atoms with Crippen molar-refractivity contribution in [3.8, 4) is 6.07 Å². The lowest BCUT2D eigenvalue weighted by Crippen LogP contribution is -2.34. The lowest BCUT2D eigenvalue weighted by Gasteiger charge is -2.34. The second-order valence-corrected chi connectivity index (χ2v) is 6.69. The van der Waals surface area contributed by atoms with E-state index in [9.17, 15) is 5.26 Å². The van der Waals surface area contributed by atoms with Crippen molar-refractivity contribution in [2.24, 2.45) is 5.92 Å². The highest BCUT2D eigenvalue weighted by molar-refractivity contribution is 5.47. The summed E-state index contributed by atoms with van der Waals surface area (Å²) < 4.78 is 1.94. The van der Waals surface area contributed by atoms with Crippen LogP contribution in [0.4, 0.5) is 0 Å². The molecule has 0 aliphatic heterocycles. The maximum Gasteiger partial charge on any atom is 0.137 e. The molecular formula is C21H20N4. The van der Waals surface area contributed by atoms with Gasteiger partial charge in [0.2, 0.25) is 0 Å². The van der Waals surface area contributed by atoms with Gasteiger partial charge in [0.1, 0.15) is 18.1 Å². The molecule has 2 atom stereocenters. The number of hydrogen-bond acceptors (Lipinski definition) is 3. The van der Waals surface area contributed by atoms with E-state index in [1.165, 1.54) is 0 Å². The molecule has 2 aromatic carbocycles. The number of rotatable bonds is 4. The third-order valence-electron chi connectivity index (χ3n) is 5.46. The van der Waals surface area contributed by atoms with Gasteiger partial charge in [0.15, 0.2) is 0 Å². The Balaban J connectivity index is 1.78. The summed E-state index contributed by atoms with van der Waals surface area (Å²) in [7, 11) is 0. The van der Waals surface area contributed by atoms with Gasteiger partial charge in [0.05, 0.1) is 12.1 Å². The van der Waals surface area contributed by atoms with Crippen molar-refractivity contribution in [2.75, 3.05) is 0 Å². The fourth-order valence-electron chi connectivity index (χ4n) is 4.26. The van der Waals surface area contributed by atoms with E-state index < -0.39 is 5.41 Å². The maximum absolute atomic E-state index is 10.4. The summed E-state index contributed by atoms with van der Waals surface area (Å²) in [6, 6.07) is 23.4. The topological polar surface area (TPSA) is 54.5 Å². The number of benzene rings is 2. The number of aromatic nitrogens is 3. The van der Waals surface area contributed by atoms with Crippen molar-refractivity contribution in [1.82, 2.24) is 14.8 Å². The van der Waals surface area contributed by atoms with E-state index in [0.29, 0.717) is 6.04 Å². The van der Waals surface area contributed by atoms with E-state index in [4.69, 9.17) is 0 Å². The van der Waals surface area contributed by atoms with Crippen LogP contribution in [0.3, 0.4) is 0 Å². The second-order valence-electron chi connectivity index (χ2n) is 6.69. The minimum Gasteiger partial charge on any atom is -0.250 e. The maximum atomic E-state index is 10.4. The molecular weight excluding hydrogens is 308 g/mol. The van der Waals surface area contributed by atoms with E-state index in [1.807, 2.05) is 41.1 Å². The summed E-state index contributed by atoms with van der Waals surface area (Å²) in [6.07, 6.45) is 6.32. The smallest absolute Gasteiger partial charge is 0.137 e. The predicted octanol–water partition coefficient (Wildman–Crippen LogP) is 4.13. The Morgan fingerprint density at radius 3 is 2.12 bits per heavy atom. The normalized spacial score (nSPS) is 20.3. The number of nitrogens with zero attached hydrogens (tertiary/aromatic N) is 4. The third kappa shape index (κ3) is 2.62. The Morgan fingerprint density at radius 2 is 1.60 bits per heavy atom. The van der Waals surface area contributed by atoms with E-state index in [1.54, 1.807) is 12.7 Å². The largest absolute Gasteiger partial charge is 0.250 e. The van der Waals surface area contributed by atoms with Crippen LogP contribution in [-0.2, 0) is 5.41 Å². The molecule has 4 nitrogen and oxygen atoms in total. The molecule has 0 amide bonds. The fourth-order valence-corrected chi connectivity index (χ4v) is 4.26. The first kappa shape index (κ1) is 15.6. The zero-order chi connectivity index (χ0) is 17.1. The standard InChI is InChI=1S/C21H20N4/c22-14-21(17-7-3-1-4-8-17,18-9-5-2-6-10-18)19-11-12-20(13-19)25-16-23-15-24-25/h1-10,15-16,19-20H,11-13H2. The molecule has 1 aromatic heterocycles. The molecule has 25 heavy (non-hydrogen) atoms. The molecule has 4 heteroatoms. The monoisotopic (exact) mass is 328 g/mol. The Labute approximate surface area is 147 Å². The molecule has 1 aliphatic rings. The van der Waals surface area contributed by atoms with Crippen molar-refractivity contribution in [2.45, 2.75) is 30.7 Å². The highest BCUT2D eigenvalue weighted by Gasteiger charge is 2.46. The molecule has 0 bridgehead atoms. The quantitative estimate of drug-likeness (QED) is 0.723. The average Bonchev–Trinajstić information content (AvgIpc) is 3.37. The van der Waals surface area contributed by atoms with Crippen molar-refractivity contribution in [3.05, 3.63) is 84.4 Å². The van der Waals surface area contributed by atoms with Gasteiger partial charge in [-0.3, -0.25) is 0 Å². The zero-order valence-electron chi connectivity index (χ0n) is 14.0. The minimum atomic E-state index is -0.627. The Kier molecular flexibility index (Phi) is 4.07. The van der Waals surface area contributed by atoms with Crippen LogP contribution < -0.4 is 0 Å². The molecule has 0 saturated heterocycles. The first-order chi connectivity index (χ1) is 12.3. The molecule has 1 saturated carbocycles. The summed E-state index contributed by atoms with van der Waals surface area (Å²) in [6.45, 7) is 0. The van der Waals surface area contributed by atoms with Gasteiger partial charge in [-0.05, 0) is 36.3 Å². The first-order valence-corrected chi connectivity index (χ1v) is 8.71. The predicted molar refractivity (Wildman–Crippen MR) is 95.7 cm³/mol. The van der Waals surface area contributed by atoms with E-state index in [2.05, 4.69) is 40.4 Å². The van der Waals surface area contributed by atoms with Crippen molar-refractivity contribution < 1.29 is 0 Å². The van der Waals surface area contributed by atoms with Crippen LogP contribution in [-0.4, -0.2) is 14.8 Å². The van der Waals surface area contributed by atoms with Crippen LogP contribution >= 0.6 is 0 Å². The van der Waals surface area contributed by atoms with Gasteiger partial charge >= 0.3 is 0 Å². The van der Waals surface area contributed by atoms with E-state index >= 15 is 0 Å². The van der Waals surface area contributed by atoms with Crippen molar-refractivity contribution >= 4 is 0 Å². The zero-order valence-corrected chi connectivity index (χ0v) is 14.0. The molecule has 2 unspecified atom stereocenters. The van der Waals surface area contributed by atoms with Crippen LogP contribution in [0, 0.1) is 17.2 Å². The van der Waals surface area contributed by atoms with E-state index in [-0.39, 0.29) is 5.92 Å². The Hall–Kier alpha value is -2.93. The summed E-state index contributed by atoms with van der Waals surface area (Å²) >= 11 is 0. The molecule has 1 aliphatic carbocycles. The van der Waals surface area contributed by atoms with Gasteiger partial charge < -0.3 is 0 Å². The van der Waals surface area contributed by atoms with Crippen LogP contribution in [0.5, 0.6) is 0 Å². The summed E-state index contributed by atoms with van der Waals surface area (Å²) in [4.78, 5) is 4.08. The van der Waals surface area contributed by atoms with Gasteiger partial charge in [-0.15, -0.1) is 0 Å². The molecule has 0 spiro atoms. The van der Waals surface area contributed by atoms with Gasteiger partial charge in [-0.1, -0.05) is 60.7 Å². The minimum absolute atomic E-state index is 0.247. The van der Waals surface area contributed by atoms with Crippen molar-refractivity contribution in [1.29, 1.82) is 5.26 Å². The lowest BCUT2D eigenvalue weighted by atomic mass is 9.66. The molecule has 3 aromatic rings. The molecule has 0 N–H and O–H groups in total. The Bertz CT molecular complexity index is 810. The van der Waals surface area contributed by atoms with Gasteiger partial charge in [0.25, 0.3) is 0 Å². The number of nitriles is 1. The summed E-state index contributed by atoms with van der Waals surface area (Å²) in [5.74, 6) is 0.247. The second kappa shape index (κ2) is 6.52. The molecule has 1 heterocycles. The molecule has 124 valence electrons. The van der Waals surface area contributed by atoms with Crippen LogP contribution in [0.25, 0.3) is 0 Å². The van der Waals surface area contributed by atoms with Crippen LogP contribution in [0.15, 0.2) is 73.3 Å². The first-order valence-electron chi connectivity index (χ1n) is 8.71. The Morgan fingerprint density at radius 1 is 0.960 bits per heavy atom. The highest BCUT2D eigenvalue weighted by Crippen LogP contribution is 2.49. The number of hydrogen-bond donors (Lipinski definition) is 0. The fraction of sp³-hybridized carbons (Fsp3) is 0.286. The van der Waals surface area contributed by atoms with Crippen LogP contribution in [0.1, 0.15) is 36.4 Å². The summed E-state index contributed by atoms with van der Waals surface area (Å²) in [5.41, 5.74) is 1.53. The molecule has 4 rings (SSSR count). The molecule has 1 fully saturated rings. The molecule has 0 radical (unpaired) electrons. The third-order valence-corrected chi connectivity index (χ3v) is 5.46. The highest BCUT2D eigenvalue weighted by atomic mass is 15.3. The lowest BCUT2D eigenvalue weighted by molar-refractivity contribution is 0.372. The van der Waals surface area contributed by atoms with Gasteiger partial charge in [-0.2, -0.15) is 10.4 Å². The van der Waals surface area contributed by atoms with Gasteiger partial charge in [-0.25, -0.2) is 9.67 Å². The van der Waals surface area contributed by atoms with Crippen molar-refractivity contribution in [3.63, 3.8) is 0 Å². The van der Waals surface area contributed by atoms with Gasteiger partial charge in [0, 0.05) is 0 Å². The average molecular weight is 328 g/mol.